The van der Waals surface area contributed by atoms with Gasteiger partial charge in [-0.1, -0.05) is 52.2 Å². The van der Waals surface area contributed by atoms with Gasteiger partial charge in [-0.15, -0.1) is 0 Å². The summed E-state index contributed by atoms with van der Waals surface area (Å²) in [6.07, 6.45) is 11.0. The topological polar surface area (TPSA) is 93.1 Å². The summed E-state index contributed by atoms with van der Waals surface area (Å²) in [6.45, 7) is 8.12. The first-order valence-electron chi connectivity index (χ1n) is 13.2. The summed E-state index contributed by atoms with van der Waals surface area (Å²) in [7, 11) is 0. The highest BCUT2D eigenvalue weighted by Gasteiger charge is 2.72. The van der Waals surface area contributed by atoms with E-state index in [2.05, 4.69) is 20.8 Å². The molecule has 2 N–H and O–H groups in total. The number of carbonyl (C=O) groups is 2. The Morgan fingerprint density at radius 1 is 1.24 bits per heavy atom. The number of fused-ring (bicyclic) bond motifs is 6. The summed E-state index contributed by atoms with van der Waals surface area (Å²) in [4.78, 5) is 25.5. The molecule has 6 heteroatoms. The molecule has 5 rings (SSSR count). The van der Waals surface area contributed by atoms with Gasteiger partial charge in [-0.25, -0.2) is 0 Å². The standard InChI is InChI=1S/C28H40O6/c1-5-6-7-17(2)28(32)33-16-23(31)27(34-28)13-11-21-20-9-8-18-14-19(29)10-12-25(18,3)24(20)22(30)15-26(21,27)4/h10,12,14,17,20-22,24,30,32H,5-9,11,13,15-16H2,1-4H3/t17?,20-,21-,22-,24+,25-,26-,27-,28?/m0/s1. The molecule has 0 radical (unpaired) electrons. The third kappa shape index (κ3) is 3.21. The van der Waals surface area contributed by atoms with E-state index in [1.54, 1.807) is 12.2 Å². The Balaban J connectivity index is 1.49. The fraction of sp³-hybridized carbons (Fsp3) is 0.786. The zero-order chi connectivity index (χ0) is 24.5. The monoisotopic (exact) mass is 472 g/mol. The second-order valence-electron chi connectivity index (χ2n) is 12.1. The summed E-state index contributed by atoms with van der Waals surface area (Å²) in [5.74, 6) is -1.71. The Morgan fingerprint density at radius 3 is 2.74 bits per heavy atom. The van der Waals surface area contributed by atoms with E-state index in [4.69, 9.17) is 9.47 Å². The van der Waals surface area contributed by atoms with Crippen LogP contribution in [0.4, 0.5) is 0 Å². The van der Waals surface area contributed by atoms with E-state index in [0.717, 1.165) is 44.1 Å². The van der Waals surface area contributed by atoms with Crippen molar-refractivity contribution >= 4 is 11.6 Å². The highest BCUT2D eigenvalue weighted by molar-refractivity contribution is 6.01. The maximum absolute atomic E-state index is 13.5. The first-order valence-corrected chi connectivity index (χ1v) is 13.2. The van der Waals surface area contributed by atoms with Crippen molar-refractivity contribution in [1.29, 1.82) is 0 Å². The number of carbonyl (C=O) groups excluding carboxylic acids is 2. The molecule has 5 aliphatic rings. The molecule has 4 aliphatic carbocycles. The van der Waals surface area contributed by atoms with Crippen LogP contribution in [0.2, 0.25) is 0 Å². The number of unbranched alkanes of at least 4 members (excludes halogenated alkanes) is 1. The zero-order valence-corrected chi connectivity index (χ0v) is 21.0. The number of rotatable bonds is 4. The van der Waals surface area contributed by atoms with E-state index in [1.165, 1.54) is 0 Å². The Morgan fingerprint density at radius 2 is 2.00 bits per heavy atom. The Labute approximate surface area is 202 Å². The Bertz CT molecular complexity index is 939. The van der Waals surface area contributed by atoms with Crippen molar-refractivity contribution in [2.24, 2.45) is 34.5 Å². The molecule has 6 nitrogen and oxygen atoms in total. The predicted molar refractivity (Wildman–Crippen MR) is 126 cm³/mol. The van der Waals surface area contributed by atoms with E-state index < -0.39 is 23.1 Å². The molecular formula is C28H40O6. The fourth-order valence-corrected chi connectivity index (χ4v) is 8.50. The highest BCUT2D eigenvalue weighted by Crippen LogP contribution is 2.68. The van der Waals surface area contributed by atoms with Gasteiger partial charge in [0.2, 0.25) is 0 Å². The largest absolute Gasteiger partial charge is 0.393 e. The van der Waals surface area contributed by atoms with Crippen LogP contribution in [-0.4, -0.2) is 46.1 Å². The average Bonchev–Trinajstić information content (AvgIpc) is 3.07. The van der Waals surface area contributed by atoms with E-state index in [0.29, 0.717) is 12.8 Å². The van der Waals surface area contributed by atoms with Gasteiger partial charge >= 0.3 is 0 Å². The summed E-state index contributed by atoms with van der Waals surface area (Å²) < 4.78 is 12.1. The minimum atomic E-state index is -1.79. The average molecular weight is 473 g/mol. The highest BCUT2D eigenvalue weighted by atomic mass is 16.8. The van der Waals surface area contributed by atoms with Crippen molar-refractivity contribution in [3.8, 4) is 0 Å². The second kappa shape index (κ2) is 8.09. The van der Waals surface area contributed by atoms with Crippen LogP contribution in [0.15, 0.2) is 23.8 Å². The van der Waals surface area contributed by atoms with Crippen molar-refractivity contribution < 1.29 is 29.3 Å². The van der Waals surface area contributed by atoms with Crippen LogP contribution in [0.25, 0.3) is 0 Å². The predicted octanol–water partition coefficient (Wildman–Crippen LogP) is 4.09. The molecule has 4 fully saturated rings. The van der Waals surface area contributed by atoms with Gasteiger partial charge in [0, 0.05) is 22.7 Å². The molecule has 0 amide bonds. The third-order valence-electron chi connectivity index (χ3n) is 10.4. The number of ether oxygens (including phenoxy) is 2. The molecule has 3 saturated carbocycles. The molecule has 0 bridgehead atoms. The fourth-order valence-electron chi connectivity index (χ4n) is 8.50. The molecule has 34 heavy (non-hydrogen) atoms. The van der Waals surface area contributed by atoms with Gasteiger partial charge < -0.3 is 19.7 Å². The quantitative estimate of drug-likeness (QED) is 0.640. The Hall–Kier alpha value is -1.34. The number of aliphatic hydroxyl groups excluding tert-OH is 1. The Kier molecular flexibility index (Phi) is 5.79. The van der Waals surface area contributed by atoms with E-state index in [1.807, 2.05) is 13.0 Å². The molecule has 0 aromatic heterocycles. The molecule has 1 heterocycles. The molecule has 1 spiro atoms. The second-order valence-corrected chi connectivity index (χ2v) is 12.1. The molecule has 2 unspecified atom stereocenters. The lowest BCUT2D eigenvalue weighted by Gasteiger charge is -2.61. The minimum absolute atomic E-state index is 0.00220. The van der Waals surface area contributed by atoms with Crippen molar-refractivity contribution in [1.82, 2.24) is 0 Å². The lowest BCUT2D eigenvalue weighted by Crippen LogP contribution is -2.68. The molecule has 1 saturated heterocycles. The lowest BCUT2D eigenvalue weighted by molar-refractivity contribution is -0.435. The van der Waals surface area contributed by atoms with E-state index in [-0.39, 0.29) is 47.3 Å². The van der Waals surface area contributed by atoms with Crippen LogP contribution in [0.3, 0.4) is 0 Å². The summed E-state index contributed by atoms with van der Waals surface area (Å²) in [5.41, 5.74) is -0.955. The van der Waals surface area contributed by atoms with Gasteiger partial charge in [-0.3, -0.25) is 9.59 Å². The molecule has 188 valence electrons. The van der Waals surface area contributed by atoms with Crippen LogP contribution in [0, 0.1) is 34.5 Å². The number of aliphatic hydroxyl groups is 2. The number of Topliss-reactive ketones (excluding diaryl/α,β-unsaturated/α-hetero) is 1. The minimum Gasteiger partial charge on any atom is -0.393 e. The van der Waals surface area contributed by atoms with Crippen LogP contribution < -0.4 is 0 Å². The van der Waals surface area contributed by atoms with Crippen molar-refractivity contribution in [2.45, 2.75) is 96.7 Å². The number of hydrogen-bond donors (Lipinski definition) is 2. The molecule has 0 aromatic carbocycles. The number of ketones is 2. The van der Waals surface area contributed by atoms with E-state index in [9.17, 15) is 19.8 Å². The number of allylic oxidation sites excluding steroid dienone is 4. The SMILES string of the molecule is CCCCC(C)C1(O)OCC(=O)[C@]2(CC[C@H]3[C@@H]4CCC5=CC(=O)C=C[C@]5(C)[C@H]4[C@@H](O)C[C@@]32C)O1. The summed E-state index contributed by atoms with van der Waals surface area (Å²) in [6, 6.07) is 0. The first-order chi connectivity index (χ1) is 16.0. The van der Waals surface area contributed by atoms with Gasteiger partial charge in [0.15, 0.2) is 11.6 Å². The zero-order valence-electron chi connectivity index (χ0n) is 21.0. The first kappa shape index (κ1) is 24.4. The summed E-state index contributed by atoms with van der Waals surface area (Å²) >= 11 is 0. The maximum Gasteiger partial charge on any atom is 0.284 e. The van der Waals surface area contributed by atoms with Gasteiger partial charge in [0.1, 0.15) is 12.2 Å². The smallest absolute Gasteiger partial charge is 0.284 e. The van der Waals surface area contributed by atoms with Gasteiger partial charge in [0.05, 0.1) is 6.10 Å². The van der Waals surface area contributed by atoms with Gasteiger partial charge in [-0.05, 0) is 62.5 Å². The van der Waals surface area contributed by atoms with Crippen LogP contribution in [0.1, 0.15) is 79.1 Å². The van der Waals surface area contributed by atoms with Crippen LogP contribution >= 0.6 is 0 Å². The van der Waals surface area contributed by atoms with Crippen molar-refractivity contribution in [3.63, 3.8) is 0 Å². The normalized spacial score (nSPS) is 48.8. The van der Waals surface area contributed by atoms with Crippen molar-refractivity contribution in [2.75, 3.05) is 6.61 Å². The molecule has 0 aromatic rings. The summed E-state index contributed by atoms with van der Waals surface area (Å²) in [5, 5.41) is 23.1. The van der Waals surface area contributed by atoms with Crippen molar-refractivity contribution in [3.05, 3.63) is 23.8 Å². The maximum atomic E-state index is 13.5. The van der Waals surface area contributed by atoms with Crippen LogP contribution in [-0.2, 0) is 19.1 Å². The van der Waals surface area contributed by atoms with Crippen LogP contribution in [0.5, 0.6) is 0 Å². The molecule has 1 aliphatic heterocycles. The molecule has 9 atom stereocenters. The van der Waals surface area contributed by atoms with Gasteiger partial charge in [-0.2, -0.15) is 0 Å². The third-order valence-corrected chi connectivity index (χ3v) is 10.4. The molecular weight excluding hydrogens is 432 g/mol. The van der Waals surface area contributed by atoms with E-state index >= 15 is 0 Å². The lowest BCUT2D eigenvalue weighted by atomic mass is 9.46. The number of hydrogen-bond acceptors (Lipinski definition) is 6. The van der Waals surface area contributed by atoms with Gasteiger partial charge in [0.25, 0.3) is 5.97 Å².